The second-order valence-corrected chi connectivity index (χ2v) is 17.8. The standard InChI is InChI=1S/C29H35F6N7O4Si/c1-19(39-23-15-38-42(18-45-10-11-47(2,3)4)26(44)25(23)29(33,34)35)17-46-22-7-5-6-21(12-22)41-9-8-40(16-24(41)43)27-36-13-20(14-37-27)28(30,31)32/h5-7,12-15,19,39H,8-11,16-18H2,1-4H3/t19-/m0/s1. The first-order chi connectivity index (χ1) is 21.9. The van der Waals surface area contributed by atoms with Gasteiger partial charge in [-0.15, -0.1) is 0 Å². The summed E-state index contributed by atoms with van der Waals surface area (Å²) in [6, 6.07) is 6.58. The Morgan fingerprint density at radius 1 is 1.00 bits per heavy atom. The average Bonchev–Trinajstić information content (AvgIpc) is 2.98. The van der Waals surface area contributed by atoms with Crippen molar-refractivity contribution in [3.63, 3.8) is 0 Å². The quantitative estimate of drug-likeness (QED) is 0.158. The second kappa shape index (κ2) is 14.3. The molecule has 3 heterocycles. The highest BCUT2D eigenvalue weighted by Crippen LogP contribution is 2.32. The minimum absolute atomic E-state index is 0.00317. The molecule has 256 valence electrons. The van der Waals surface area contributed by atoms with Crippen LogP contribution in [0.1, 0.15) is 18.1 Å². The smallest absolute Gasteiger partial charge is 0.423 e. The van der Waals surface area contributed by atoms with Crippen LogP contribution in [0.4, 0.5) is 43.7 Å². The Bertz CT molecular complexity index is 1600. The van der Waals surface area contributed by atoms with Gasteiger partial charge >= 0.3 is 12.4 Å². The molecular weight excluding hydrogens is 652 g/mol. The molecule has 0 aliphatic carbocycles. The molecule has 1 fully saturated rings. The van der Waals surface area contributed by atoms with Crippen molar-refractivity contribution in [1.29, 1.82) is 0 Å². The van der Waals surface area contributed by atoms with E-state index in [9.17, 15) is 35.9 Å². The number of benzene rings is 1. The number of carbonyl (C=O) groups is 1. The van der Waals surface area contributed by atoms with E-state index in [1.165, 1.54) is 9.80 Å². The third-order valence-corrected chi connectivity index (χ3v) is 8.74. The van der Waals surface area contributed by atoms with Gasteiger partial charge in [0, 0.05) is 51.9 Å². The van der Waals surface area contributed by atoms with E-state index in [0.717, 1.165) is 12.2 Å². The molecule has 0 unspecified atom stereocenters. The topological polar surface area (TPSA) is 115 Å². The van der Waals surface area contributed by atoms with Gasteiger partial charge in [-0.2, -0.15) is 31.4 Å². The molecule has 18 heteroatoms. The number of anilines is 3. The van der Waals surface area contributed by atoms with Crippen LogP contribution in [0, 0.1) is 0 Å². The molecule has 0 bridgehead atoms. The molecular formula is C29H35F6N7O4Si. The Hall–Kier alpha value is -4.19. The predicted octanol–water partition coefficient (Wildman–Crippen LogP) is 5.12. The maximum absolute atomic E-state index is 13.9. The fourth-order valence-corrected chi connectivity index (χ4v) is 5.27. The number of aromatic nitrogens is 4. The van der Waals surface area contributed by atoms with Crippen LogP contribution in [-0.2, 0) is 28.6 Å². The van der Waals surface area contributed by atoms with Gasteiger partial charge in [0.1, 0.15) is 31.2 Å². The maximum atomic E-state index is 13.9. The van der Waals surface area contributed by atoms with Gasteiger partial charge in [-0.1, -0.05) is 25.7 Å². The summed E-state index contributed by atoms with van der Waals surface area (Å²) in [6.45, 7) is 8.02. The number of alkyl halides is 6. The number of piperazine rings is 1. The lowest BCUT2D eigenvalue weighted by molar-refractivity contribution is -0.139. The van der Waals surface area contributed by atoms with Crippen molar-refractivity contribution in [2.24, 2.45) is 0 Å². The van der Waals surface area contributed by atoms with E-state index in [-0.39, 0.29) is 38.1 Å². The highest BCUT2D eigenvalue weighted by atomic mass is 28.3. The molecule has 4 rings (SSSR count). The number of halogens is 6. The zero-order valence-corrected chi connectivity index (χ0v) is 27.2. The van der Waals surface area contributed by atoms with Crippen molar-refractivity contribution in [2.75, 3.05) is 48.0 Å². The van der Waals surface area contributed by atoms with E-state index in [0.29, 0.717) is 35.1 Å². The largest absolute Gasteiger partial charge is 0.491 e. The van der Waals surface area contributed by atoms with Crippen LogP contribution in [0.3, 0.4) is 0 Å². The van der Waals surface area contributed by atoms with Crippen LogP contribution < -0.4 is 25.4 Å². The summed E-state index contributed by atoms with van der Waals surface area (Å²) in [5.41, 5.74) is -3.72. The zero-order valence-electron chi connectivity index (χ0n) is 26.2. The van der Waals surface area contributed by atoms with Gasteiger partial charge in [0.2, 0.25) is 11.9 Å². The molecule has 0 spiro atoms. The van der Waals surface area contributed by atoms with Crippen molar-refractivity contribution >= 4 is 31.3 Å². The van der Waals surface area contributed by atoms with Gasteiger partial charge in [0.25, 0.3) is 5.56 Å². The van der Waals surface area contributed by atoms with Crippen molar-refractivity contribution in [3.8, 4) is 5.75 Å². The van der Waals surface area contributed by atoms with Gasteiger partial charge in [-0.3, -0.25) is 9.59 Å². The minimum Gasteiger partial charge on any atom is -0.491 e. The molecule has 1 aromatic carbocycles. The van der Waals surface area contributed by atoms with E-state index < -0.39 is 55.6 Å². The van der Waals surface area contributed by atoms with Gasteiger partial charge in [0.05, 0.1) is 23.5 Å². The van der Waals surface area contributed by atoms with Gasteiger partial charge < -0.3 is 24.6 Å². The lowest BCUT2D eigenvalue weighted by atomic mass is 10.2. The van der Waals surface area contributed by atoms with E-state index in [4.69, 9.17) is 9.47 Å². The lowest BCUT2D eigenvalue weighted by Gasteiger charge is -2.34. The highest BCUT2D eigenvalue weighted by Gasteiger charge is 2.39. The molecule has 3 aromatic rings. The number of carbonyl (C=O) groups excluding carboxylic acids is 1. The van der Waals surface area contributed by atoms with Crippen LogP contribution in [0.15, 0.2) is 47.7 Å². The second-order valence-electron chi connectivity index (χ2n) is 12.2. The van der Waals surface area contributed by atoms with Crippen LogP contribution in [0.2, 0.25) is 25.7 Å². The molecule has 1 aliphatic heterocycles. The van der Waals surface area contributed by atoms with Crippen molar-refractivity contribution in [1.82, 2.24) is 19.7 Å². The van der Waals surface area contributed by atoms with E-state index in [1.807, 2.05) is 0 Å². The molecule has 0 saturated carbocycles. The Morgan fingerprint density at radius 3 is 2.32 bits per heavy atom. The van der Waals surface area contributed by atoms with Crippen LogP contribution in [0.25, 0.3) is 0 Å². The van der Waals surface area contributed by atoms with Crippen molar-refractivity contribution in [3.05, 3.63) is 64.3 Å². The number of nitrogens with one attached hydrogen (secondary N) is 1. The molecule has 11 nitrogen and oxygen atoms in total. The molecule has 47 heavy (non-hydrogen) atoms. The van der Waals surface area contributed by atoms with E-state index in [2.05, 4.69) is 40.0 Å². The predicted molar refractivity (Wildman–Crippen MR) is 164 cm³/mol. The Morgan fingerprint density at radius 2 is 1.70 bits per heavy atom. The summed E-state index contributed by atoms with van der Waals surface area (Å²) in [7, 11) is -1.43. The third-order valence-electron chi connectivity index (χ3n) is 7.04. The SMILES string of the molecule is C[C@@H](COc1cccc(N2CCN(c3ncc(C(F)(F)F)cn3)CC2=O)c1)Nc1cnn(COCC[Si](C)(C)C)c(=O)c1C(F)(F)F. The molecule has 1 aliphatic rings. The number of ether oxygens (including phenoxy) is 2. The van der Waals surface area contributed by atoms with Crippen molar-refractivity contribution < 1.29 is 40.6 Å². The van der Waals surface area contributed by atoms with Crippen LogP contribution >= 0.6 is 0 Å². The van der Waals surface area contributed by atoms with Gasteiger partial charge in [-0.05, 0) is 25.1 Å². The normalized spacial score (nSPS) is 15.1. The number of amides is 1. The zero-order chi connectivity index (χ0) is 34.6. The molecule has 1 atom stereocenters. The Kier molecular flexibility index (Phi) is 10.8. The fourth-order valence-electron chi connectivity index (χ4n) is 4.51. The number of nitrogens with zero attached hydrogens (tertiary/aromatic N) is 6. The fraction of sp³-hybridized carbons (Fsp3) is 0.483. The first-order valence-electron chi connectivity index (χ1n) is 14.6. The van der Waals surface area contributed by atoms with E-state index >= 15 is 0 Å². The Labute approximate surface area is 267 Å². The maximum Gasteiger partial charge on any atom is 0.423 e. The molecule has 1 saturated heterocycles. The minimum atomic E-state index is -4.95. The summed E-state index contributed by atoms with van der Waals surface area (Å²) >= 11 is 0. The van der Waals surface area contributed by atoms with E-state index in [1.54, 1.807) is 31.2 Å². The summed E-state index contributed by atoms with van der Waals surface area (Å²) in [5.74, 6) is -0.0237. The third kappa shape index (κ3) is 9.66. The molecule has 0 radical (unpaired) electrons. The first kappa shape index (κ1) is 35.7. The molecule has 1 N–H and O–H groups in total. The first-order valence-corrected chi connectivity index (χ1v) is 18.3. The highest BCUT2D eigenvalue weighted by molar-refractivity contribution is 6.76. The van der Waals surface area contributed by atoms with Crippen LogP contribution in [0.5, 0.6) is 5.75 Å². The van der Waals surface area contributed by atoms with Gasteiger partial charge in [0.15, 0.2) is 0 Å². The van der Waals surface area contributed by atoms with Crippen LogP contribution in [-0.4, -0.2) is 72.6 Å². The molecule has 1 amide bonds. The summed E-state index contributed by atoms with van der Waals surface area (Å²) < 4.78 is 92.1. The summed E-state index contributed by atoms with van der Waals surface area (Å²) in [5, 5.41) is 6.52. The summed E-state index contributed by atoms with van der Waals surface area (Å²) in [6.07, 6.45) is -7.27. The molecule has 2 aromatic heterocycles. The van der Waals surface area contributed by atoms with Crippen molar-refractivity contribution in [2.45, 2.75) is 57.7 Å². The monoisotopic (exact) mass is 687 g/mol. The number of rotatable bonds is 12. The average molecular weight is 688 g/mol. The lowest BCUT2D eigenvalue weighted by Crippen LogP contribution is -2.51. The van der Waals surface area contributed by atoms with Gasteiger partial charge in [-0.25, -0.2) is 14.6 Å². The number of hydrogen-bond acceptors (Lipinski definition) is 9. The number of hydrogen-bond donors (Lipinski definition) is 1. The Balaban J connectivity index is 1.36. The summed E-state index contributed by atoms with van der Waals surface area (Å²) in [4.78, 5) is 36.1.